The lowest BCUT2D eigenvalue weighted by molar-refractivity contribution is -0.137. The highest BCUT2D eigenvalue weighted by Gasteiger charge is 2.30. The van der Waals surface area contributed by atoms with Crippen molar-refractivity contribution in [1.82, 2.24) is 0 Å². The fourth-order valence-corrected chi connectivity index (χ4v) is 2.14. The Labute approximate surface area is 150 Å². The number of nitrogens with one attached hydrogen (secondary N) is 1. The minimum absolute atomic E-state index is 0.253. The molecule has 3 nitrogen and oxygen atoms in total. The Balaban J connectivity index is 1.93. The summed E-state index contributed by atoms with van der Waals surface area (Å²) in [5.74, 6) is 0.436. The molecule has 26 heavy (non-hydrogen) atoms. The molecule has 0 aliphatic heterocycles. The van der Waals surface area contributed by atoms with Gasteiger partial charge in [-0.05, 0) is 48.9 Å². The maximum absolute atomic E-state index is 12.7. The van der Waals surface area contributed by atoms with Crippen molar-refractivity contribution < 1.29 is 22.7 Å². The van der Waals surface area contributed by atoms with Crippen LogP contribution in [0.15, 0.2) is 60.8 Å². The van der Waals surface area contributed by atoms with Crippen LogP contribution in [0.2, 0.25) is 0 Å². The van der Waals surface area contributed by atoms with E-state index in [2.05, 4.69) is 12.2 Å². The molecule has 0 unspecified atom stereocenters. The normalized spacial score (nSPS) is 11.5. The molecule has 1 N–H and O–H groups in total. The Bertz CT molecular complexity index is 752. The summed E-state index contributed by atoms with van der Waals surface area (Å²) in [4.78, 5) is 12.1. The van der Waals surface area contributed by atoms with E-state index < -0.39 is 11.7 Å². The van der Waals surface area contributed by atoms with Gasteiger partial charge in [0.15, 0.2) is 5.78 Å². The van der Waals surface area contributed by atoms with Gasteiger partial charge in [-0.25, -0.2) is 0 Å². The summed E-state index contributed by atoms with van der Waals surface area (Å²) in [5.41, 5.74) is -0.0284. The number of halogens is 3. The summed E-state index contributed by atoms with van der Waals surface area (Å²) in [5, 5.41) is 2.68. The molecule has 138 valence electrons. The standard InChI is InChI=1S/C20H20F3NO2/c1-2-3-13-26-18-9-7-15(8-10-18)19(25)11-12-24-17-6-4-5-16(14-17)20(21,22)23/h4-12,14,24H,2-3,13H2,1H3. The molecule has 0 spiro atoms. The average molecular weight is 363 g/mol. The van der Waals surface area contributed by atoms with Crippen LogP contribution in [0.3, 0.4) is 0 Å². The number of allylic oxidation sites excluding steroid dienone is 1. The third-order valence-corrected chi connectivity index (χ3v) is 3.58. The second-order valence-electron chi connectivity index (χ2n) is 5.65. The highest BCUT2D eigenvalue weighted by molar-refractivity contribution is 6.04. The molecule has 0 heterocycles. The Morgan fingerprint density at radius 2 is 1.88 bits per heavy atom. The Hall–Kier alpha value is -2.76. The summed E-state index contributed by atoms with van der Waals surface area (Å²) >= 11 is 0. The van der Waals surface area contributed by atoms with Crippen molar-refractivity contribution in [3.05, 3.63) is 71.9 Å². The maximum atomic E-state index is 12.7. The molecular formula is C20H20F3NO2. The van der Waals surface area contributed by atoms with Crippen LogP contribution in [0.25, 0.3) is 0 Å². The van der Waals surface area contributed by atoms with Gasteiger partial charge in [0.25, 0.3) is 0 Å². The Morgan fingerprint density at radius 1 is 1.15 bits per heavy atom. The highest BCUT2D eigenvalue weighted by atomic mass is 19.4. The van der Waals surface area contributed by atoms with Crippen molar-refractivity contribution in [2.45, 2.75) is 25.9 Å². The Morgan fingerprint density at radius 3 is 2.54 bits per heavy atom. The van der Waals surface area contributed by atoms with Crippen LogP contribution >= 0.6 is 0 Å². The SMILES string of the molecule is CCCCOc1ccc(C(=O)C=CNc2cccc(C(F)(F)F)c2)cc1. The van der Waals surface area contributed by atoms with Gasteiger partial charge in [-0.15, -0.1) is 0 Å². The zero-order valence-electron chi connectivity index (χ0n) is 14.3. The lowest BCUT2D eigenvalue weighted by Gasteiger charge is -2.08. The molecule has 0 saturated carbocycles. The highest BCUT2D eigenvalue weighted by Crippen LogP contribution is 2.30. The number of benzene rings is 2. The number of anilines is 1. The van der Waals surface area contributed by atoms with Crippen LogP contribution in [-0.4, -0.2) is 12.4 Å². The summed E-state index contributed by atoms with van der Waals surface area (Å²) in [6.45, 7) is 2.70. The fourth-order valence-electron chi connectivity index (χ4n) is 2.14. The number of rotatable bonds is 8. The van der Waals surface area contributed by atoms with Crippen LogP contribution in [0.4, 0.5) is 18.9 Å². The van der Waals surface area contributed by atoms with Crippen LogP contribution in [0, 0.1) is 0 Å². The largest absolute Gasteiger partial charge is 0.494 e. The van der Waals surface area contributed by atoms with Gasteiger partial charge in [0.05, 0.1) is 12.2 Å². The average Bonchev–Trinajstić information content (AvgIpc) is 2.62. The monoisotopic (exact) mass is 363 g/mol. The first-order chi connectivity index (χ1) is 12.4. The number of ether oxygens (including phenoxy) is 1. The number of hydrogen-bond donors (Lipinski definition) is 1. The van der Waals surface area contributed by atoms with Crippen molar-refractivity contribution in [3.8, 4) is 5.75 Å². The number of ketones is 1. The molecular weight excluding hydrogens is 343 g/mol. The van der Waals surface area contributed by atoms with Crippen LogP contribution < -0.4 is 10.1 Å². The number of carbonyl (C=O) groups is 1. The predicted molar refractivity (Wildman–Crippen MR) is 95.4 cm³/mol. The first-order valence-corrected chi connectivity index (χ1v) is 8.27. The van der Waals surface area contributed by atoms with E-state index in [9.17, 15) is 18.0 Å². The lowest BCUT2D eigenvalue weighted by Crippen LogP contribution is -2.05. The molecule has 0 fully saturated rings. The second-order valence-corrected chi connectivity index (χ2v) is 5.65. The van der Waals surface area contributed by atoms with Crippen molar-refractivity contribution in [2.24, 2.45) is 0 Å². The molecule has 2 aromatic carbocycles. The smallest absolute Gasteiger partial charge is 0.416 e. The Kier molecular flexibility index (Phi) is 6.83. The molecule has 0 bridgehead atoms. The molecule has 0 aromatic heterocycles. The lowest BCUT2D eigenvalue weighted by atomic mass is 10.1. The predicted octanol–water partition coefficient (Wildman–Crippen LogP) is 5.69. The molecule has 0 aliphatic rings. The van der Waals surface area contributed by atoms with Gasteiger partial charge in [0.1, 0.15) is 5.75 Å². The van der Waals surface area contributed by atoms with Gasteiger partial charge in [0.2, 0.25) is 0 Å². The molecule has 0 saturated heterocycles. The topological polar surface area (TPSA) is 38.3 Å². The van der Waals surface area contributed by atoms with Gasteiger partial charge in [-0.3, -0.25) is 4.79 Å². The van der Waals surface area contributed by atoms with Gasteiger partial charge >= 0.3 is 6.18 Å². The number of carbonyl (C=O) groups excluding carboxylic acids is 1. The number of alkyl halides is 3. The first-order valence-electron chi connectivity index (χ1n) is 8.27. The number of unbranched alkanes of at least 4 members (excludes halogenated alkanes) is 1. The molecule has 0 radical (unpaired) electrons. The molecule has 6 heteroatoms. The molecule has 2 aromatic rings. The van der Waals surface area contributed by atoms with Crippen LogP contribution in [-0.2, 0) is 6.18 Å². The van der Waals surface area contributed by atoms with Gasteiger partial charge in [0, 0.05) is 23.5 Å². The van der Waals surface area contributed by atoms with Crippen molar-refractivity contribution in [2.75, 3.05) is 11.9 Å². The van der Waals surface area contributed by atoms with E-state index in [1.54, 1.807) is 24.3 Å². The van der Waals surface area contributed by atoms with E-state index in [1.165, 1.54) is 24.4 Å². The van der Waals surface area contributed by atoms with Crippen LogP contribution in [0.1, 0.15) is 35.7 Å². The molecule has 0 aliphatic carbocycles. The summed E-state index contributed by atoms with van der Waals surface area (Å²) in [6.07, 6.45) is 0.194. The van der Waals surface area contributed by atoms with Crippen molar-refractivity contribution in [1.29, 1.82) is 0 Å². The van der Waals surface area contributed by atoms with E-state index >= 15 is 0 Å². The minimum atomic E-state index is -4.40. The van der Waals surface area contributed by atoms with E-state index in [4.69, 9.17) is 4.74 Å². The van der Waals surface area contributed by atoms with Gasteiger partial charge in [-0.1, -0.05) is 19.4 Å². The molecule has 0 amide bonds. The van der Waals surface area contributed by atoms with Gasteiger partial charge in [-0.2, -0.15) is 13.2 Å². The van der Waals surface area contributed by atoms with Crippen molar-refractivity contribution in [3.63, 3.8) is 0 Å². The zero-order chi connectivity index (χ0) is 19.0. The second kappa shape index (κ2) is 9.08. The third-order valence-electron chi connectivity index (χ3n) is 3.58. The van der Waals surface area contributed by atoms with E-state index in [1.807, 2.05) is 0 Å². The zero-order valence-corrected chi connectivity index (χ0v) is 14.3. The van der Waals surface area contributed by atoms with Gasteiger partial charge < -0.3 is 10.1 Å². The summed E-state index contributed by atoms with van der Waals surface area (Å²) < 4.78 is 43.5. The number of hydrogen-bond acceptors (Lipinski definition) is 3. The molecule has 2 rings (SSSR count). The third kappa shape index (κ3) is 5.95. The minimum Gasteiger partial charge on any atom is -0.494 e. The van der Waals surface area contributed by atoms with E-state index in [-0.39, 0.29) is 11.5 Å². The fraction of sp³-hybridized carbons (Fsp3) is 0.250. The quantitative estimate of drug-likeness (QED) is 0.372. The van der Waals surface area contributed by atoms with E-state index in [0.29, 0.717) is 17.9 Å². The molecule has 0 atom stereocenters. The van der Waals surface area contributed by atoms with Crippen LogP contribution in [0.5, 0.6) is 5.75 Å². The maximum Gasteiger partial charge on any atom is 0.416 e. The van der Waals surface area contributed by atoms with E-state index in [0.717, 1.165) is 25.0 Å². The first kappa shape index (κ1) is 19.6. The summed E-state index contributed by atoms with van der Waals surface area (Å²) in [7, 11) is 0. The van der Waals surface area contributed by atoms with Crippen molar-refractivity contribution >= 4 is 11.5 Å². The summed E-state index contributed by atoms with van der Waals surface area (Å²) in [6, 6.07) is 11.5.